The van der Waals surface area contributed by atoms with Crippen molar-refractivity contribution in [2.45, 2.75) is 19.0 Å². The first kappa shape index (κ1) is 19.5. The van der Waals surface area contributed by atoms with Crippen molar-refractivity contribution in [2.75, 3.05) is 33.7 Å². The van der Waals surface area contributed by atoms with Gasteiger partial charge in [0.2, 0.25) is 5.91 Å². The number of halogens is 1. The van der Waals surface area contributed by atoms with E-state index in [-0.39, 0.29) is 24.2 Å². The third kappa shape index (κ3) is 5.84. The molecule has 1 saturated heterocycles. The lowest BCUT2D eigenvalue weighted by Gasteiger charge is -2.23. The predicted molar refractivity (Wildman–Crippen MR) is 104 cm³/mol. The van der Waals surface area contributed by atoms with E-state index in [2.05, 4.69) is 40.3 Å². The van der Waals surface area contributed by atoms with E-state index in [1.165, 1.54) is 17.7 Å². The highest BCUT2D eigenvalue weighted by molar-refractivity contribution is 5.79. The fourth-order valence-corrected chi connectivity index (χ4v) is 3.75. The molecule has 0 saturated carbocycles. The Kier molecular flexibility index (Phi) is 6.53. The zero-order chi connectivity index (χ0) is 19.2. The average molecular weight is 370 g/mol. The van der Waals surface area contributed by atoms with Gasteiger partial charge in [-0.2, -0.15) is 0 Å². The van der Waals surface area contributed by atoms with Gasteiger partial charge in [-0.25, -0.2) is 4.39 Å². The molecular weight excluding hydrogens is 343 g/mol. The summed E-state index contributed by atoms with van der Waals surface area (Å²) >= 11 is 0. The molecule has 1 amide bonds. The molecule has 0 aliphatic carbocycles. The molecule has 144 valence electrons. The molecule has 3 rings (SSSR count). The summed E-state index contributed by atoms with van der Waals surface area (Å²) in [6.45, 7) is 3.47. The highest BCUT2D eigenvalue weighted by Crippen LogP contribution is 2.20. The maximum atomic E-state index is 13.3. The Labute approximate surface area is 160 Å². The number of nitrogens with zero attached hydrogens (tertiary/aromatic N) is 3. The van der Waals surface area contributed by atoms with Gasteiger partial charge in [0.1, 0.15) is 5.82 Å². The van der Waals surface area contributed by atoms with Crippen molar-refractivity contribution in [1.29, 1.82) is 0 Å². The Morgan fingerprint density at radius 3 is 2.78 bits per heavy atom. The van der Waals surface area contributed by atoms with Gasteiger partial charge in [0.05, 0.1) is 6.42 Å². The number of pyridine rings is 1. The van der Waals surface area contributed by atoms with Crippen molar-refractivity contribution in [3.8, 4) is 0 Å². The smallest absolute Gasteiger partial charge is 0.224 e. The molecule has 1 aromatic carbocycles. The summed E-state index contributed by atoms with van der Waals surface area (Å²) in [5, 5.41) is 3.17. The van der Waals surface area contributed by atoms with Crippen LogP contribution in [0, 0.1) is 11.7 Å². The van der Waals surface area contributed by atoms with Crippen LogP contribution < -0.4 is 5.32 Å². The predicted octanol–water partition coefficient (Wildman–Crippen LogP) is 1.94. The molecule has 1 fully saturated rings. The Bertz CT molecular complexity index is 753. The van der Waals surface area contributed by atoms with Crippen molar-refractivity contribution >= 4 is 5.91 Å². The Balaban J connectivity index is 1.61. The van der Waals surface area contributed by atoms with Crippen LogP contribution in [0.2, 0.25) is 0 Å². The Hall–Kier alpha value is -2.31. The van der Waals surface area contributed by atoms with Gasteiger partial charge in [0, 0.05) is 50.5 Å². The summed E-state index contributed by atoms with van der Waals surface area (Å²) in [5.74, 6) is -0.0139. The minimum Gasteiger partial charge on any atom is -0.351 e. The quantitative estimate of drug-likeness (QED) is 0.809. The fraction of sp³-hybridized carbons (Fsp3) is 0.429. The van der Waals surface area contributed by atoms with E-state index in [0.717, 1.165) is 26.2 Å². The third-order valence-corrected chi connectivity index (χ3v) is 4.85. The fourth-order valence-electron chi connectivity index (χ4n) is 3.75. The van der Waals surface area contributed by atoms with Crippen molar-refractivity contribution < 1.29 is 9.18 Å². The van der Waals surface area contributed by atoms with Crippen molar-refractivity contribution in [3.63, 3.8) is 0 Å². The molecule has 5 nitrogen and oxygen atoms in total. The molecule has 0 unspecified atom stereocenters. The molecule has 0 bridgehead atoms. The molecule has 0 spiro atoms. The highest BCUT2D eigenvalue weighted by atomic mass is 19.1. The van der Waals surface area contributed by atoms with Gasteiger partial charge in [-0.1, -0.05) is 18.2 Å². The summed E-state index contributed by atoms with van der Waals surface area (Å²) in [7, 11) is 4.10. The van der Waals surface area contributed by atoms with Crippen LogP contribution in [0.4, 0.5) is 4.39 Å². The normalized spacial score (nSPS) is 20.1. The standard InChI is InChI=1S/C21H27FN4O/c1-25(2)13-18-14-26(12-17-6-4-8-23-11-17)15-20(18)24-21(27)10-16-5-3-7-19(22)9-16/h3-9,11,18,20H,10,12-15H2,1-2H3,(H,24,27)/t18-,20-/m1/s1. The monoisotopic (exact) mass is 370 g/mol. The second-order valence-electron chi connectivity index (χ2n) is 7.56. The molecular formula is C21H27FN4O. The summed E-state index contributed by atoms with van der Waals surface area (Å²) in [4.78, 5) is 21.2. The zero-order valence-electron chi connectivity index (χ0n) is 15.9. The van der Waals surface area contributed by atoms with Crippen LogP contribution in [-0.4, -0.2) is 60.5 Å². The molecule has 2 heterocycles. The number of rotatable bonds is 7. The van der Waals surface area contributed by atoms with Crippen molar-refractivity contribution in [2.24, 2.45) is 5.92 Å². The van der Waals surface area contributed by atoms with E-state index in [9.17, 15) is 9.18 Å². The second kappa shape index (κ2) is 9.06. The number of hydrogen-bond donors (Lipinski definition) is 1. The summed E-state index contributed by atoms with van der Waals surface area (Å²) in [6.07, 6.45) is 3.86. The summed E-state index contributed by atoms with van der Waals surface area (Å²) < 4.78 is 13.3. The summed E-state index contributed by atoms with van der Waals surface area (Å²) in [5.41, 5.74) is 1.87. The van der Waals surface area contributed by atoms with Crippen LogP contribution in [0.1, 0.15) is 11.1 Å². The molecule has 1 aromatic heterocycles. The van der Waals surface area contributed by atoms with E-state index in [4.69, 9.17) is 0 Å². The second-order valence-corrected chi connectivity index (χ2v) is 7.56. The SMILES string of the molecule is CN(C)C[C@@H]1CN(Cc2cccnc2)C[C@H]1NC(=O)Cc1cccc(F)c1. The van der Waals surface area contributed by atoms with E-state index >= 15 is 0 Å². The lowest BCUT2D eigenvalue weighted by molar-refractivity contribution is -0.121. The molecule has 1 N–H and O–H groups in total. The number of carbonyl (C=O) groups is 1. The van der Waals surface area contributed by atoms with Crippen LogP contribution in [-0.2, 0) is 17.8 Å². The van der Waals surface area contributed by atoms with Crippen molar-refractivity contribution in [1.82, 2.24) is 20.1 Å². The number of benzene rings is 1. The molecule has 2 aromatic rings. The Morgan fingerprint density at radius 1 is 1.26 bits per heavy atom. The van der Waals surface area contributed by atoms with Crippen LogP contribution in [0.5, 0.6) is 0 Å². The number of amides is 1. The minimum absolute atomic E-state index is 0.0578. The molecule has 27 heavy (non-hydrogen) atoms. The first-order valence-corrected chi connectivity index (χ1v) is 9.29. The first-order chi connectivity index (χ1) is 13.0. The van der Waals surface area contributed by atoms with Crippen LogP contribution in [0.25, 0.3) is 0 Å². The molecule has 0 radical (unpaired) electrons. The number of carbonyl (C=O) groups excluding carboxylic acids is 1. The number of nitrogens with one attached hydrogen (secondary N) is 1. The average Bonchev–Trinajstić information content (AvgIpc) is 2.95. The van der Waals surface area contributed by atoms with Crippen LogP contribution in [0.3, 0.4) is 0 Å². The maximum absolute atomic E-state index is 13.3. The lowest BCUT2D eigenvalue weighted by atomic mass is 10.0. The van der Waals surface area contributed by atoms with E-state index < -0.39 is 0 Å². The first-order valence-electron chi connectivity index (χ1n) is 9.29. The number of aromatic nitrogens is 1. The largest absolute Gasteiger partial charge is 0.351 e. The molecule has 2 atom stereocenters. The van der Waals surface area contributed by atoms with E-state index in [1.807, 2.05) is 12.3 Å². The van der Waals surface area contributed by atoms with Gasteiger partial charge in [0.25, 0.3) is 0 Å². The Morgan fingerprint density at radius 2 is 2.07 bits per heavy atom. The zero-order valence-corrected chi connectivity index (χ0v) is 15.9. The van der Waals surface area contributed by atoms with Gasteiger partial charge >= 0.3 is 0 Å². The van der Waals surface area contributed by atoms with E-state index in [0.29, 0.717) is 11.5 Å². The lowest BCUT2D eigenvalue weighted by Crippen LogP contribution is -2.44. The van der Waals surface area contributed by atoms with Crippen molar-refractivity contribution in [3.05, 3.63) is 65.7 Å². The molecule has 6 heteroatoms. The van der Waals surface area contributed by atoms with Gasteiger partial charge in [-0.3, -0.25) is 14.7 Å². The van der Waals surface area contributed by atoms with Crippen LogP contribution in [0.15, 0.2) is 48.8 Å². The minimum atomic E-state index is -0.311. The van der Waals surface area contributed by atoms with Gasteiger partial charge in [-0.15, -0.1) is 0 Å². The van der Waals surface area contributed by atoms with Crippen LogP contribution >= 0.6 is 0 Å². The van der Waals surface area contributed by atoms with Gasteiger partial charge in [0.15, 0.2) is 0 Å². The number of hydrogen-bond acceptors (Lipinski definition) is 4. The van der Waals surface area contributed by atoms with Gasteiger partial charge < -0.3 is 10.2 Å². The third-order valence-electron chi connectivity index (χ3n) is 4.85. The van der Waals surface area contributed by atoms with Gasteiger partial charge in [-0.05, 0) is 43.4 Å². The van der Waals surface area contributed by atoms with E-state index in [1.54, 1.807) is 18.3 Å². The highest BCUT2D eigenvalue weighted by Gasteiger charge is 2.33. The number of likely N-dealkylation sites (tertiary alicyclic amines) is 1. The topological polar surface area (TPSA) is 48.5 Å². The maximum Gasteiger partial charge on any atom is 0.224 e. The molecule has 1 aliphatic rings. The molecule has 1 aliphatic heterocycles. The summed E-state index contributed by atoms with van der Waals surface area (Å²) in [6, 6.07) is 10.3.